The SMILES string of the molecule is Cc1cccc(-c2ccc(OS(=O)(=O)C(F)(F)F)cc2C=O)c1. The van der Waals surface area contributed by atoms with Crippen molar-refractivity contribution >= 4 is 16.4 Å². The van der Waals surface area contributed by atoms with E-state index in [4.69, 9.17) is 0 Å². The summed E-state index contributed by atoms with van der Waals surface area (Å²) in [5.74, 6) is -0.583. The molecule has 0 aromatic heterocycles. The summed E-state index contributed by atoms with van der Waals surface area (Å²) in [4.78, 5) is 11.2. The second-order valence-electron chi connectivity index (χ2n) is 4.72. The summed E-state index contributed by atoms with van der Waals surface area (Å²) in [7, 11) is -5.78. The van der Waals surface area contributed by atoms with Gasteiger partial charge in [0.25, 0.3) is 0 Å². The van der Waals surface area contributed by atoms with Crippen molar-refractivity contribution in [3.8, 4) is 16.9 Å². The van der Waals surface area contributed by atoms with E-state index in [0.717, 1.165) is 17.7 Å². The number of carbonyl (C=O) groups is 1. The fraction of sp³-hybridized carbons (Fsp3) is 0.133. The van der Waals surface area contributed by atoms with Gasteiger partial charge in [0.15, 0.2) is 6.29 Å². The zero-order chi connectivity index (χ0) is 17.3. The van der Waals surface area contributed by atoms with Crippen molar-refractivity contribution in [3.05, 3.63) is 53.6 Å². The van der Waals surface area contributed by atoms with Gasteiger partial charge in [-0.15, -0.1) is 0 Å². The van der Waals surface area contributed by atoms with Crippen LogP contribution in [0.25, 0.3) is 11.1 Å². The Morgan fingerprint density at radius 2 is 1.78 bits per heavy atom. The minimum Gasteiger partial charge on any atom is -0.376 e. The standard InChI is InChI=1S/C15H11F3O4S/c1-10-3-2-4-11(7-10)14-6-5-13(8-12(14)9-19)22-23(20,21)15(16,17)18/h2-9H,1H3. The van der Waals surface area contributed by atoms with Crippen LogP contribution >= 0.6 is 0 Å². The Balaban J connectivity index is 2.44. The highest BCUT2D eigenvalue weighted by molar-refractivity contribution is 7.88. The molecule has 0 bridgehead atoms. The normalized spacial score (nSPS) is 12.0. The number of hydrogen-bond acceptors (Lipinski definition) is 4. The lowest BCUT2D eigenvalue weighted by Gasteiger charge is -2.11. The largest absolute Gasteiger partial charge is 0.534 e. The van der Waals surface area contributed by atoms with Crippen LogP contribution in [0.4, 0.5) is 13.2 Å². The molecule has 0 amide bonds. The first-order valence-corrected chi connectivity index (χ1v) is 7.72. The number of aryl methyl sites for hydroxylation is 1. The Morgan fingerprint density at radius 3 is 2.35 bits per heavy atom. The van der Waals surface area contributed by atoms with Crippen LogP contribution in [0.15, 0.2) is 42.5 Å². The number of rotatable bonds is 4. The third-order valence-electron chi connectivity index (χ3n) is 2.97. The van der Waals surface area contributed by atoms with E-state index in [1.54, 1.807) is 18.2 Å². The Bertz CT molecular complexity index is 842. The molecule has 23 heavy (non-hydrogen) atoms. The van der Waals surface area contributed by atoms with Crippen molar-refractivity contribution in [1.82, 2.24) is 0 Å². The molecule has 0 aliphatic rings. The maximum Gasteiger partial charge on any atom is 0.534 e. The molecule has 122 valence electrons. The van der Waals surface area contributed by atoms with Crippen LogP contribution in [0.3, 0.4) is 0 Å². The lowest BCUT2D eigenvalue weighted by atomic mass is 9.99. The molecule has 0 saturated carbocycles. The minimum atomic E-state index is -5.78. The predicted octanol–water partition coefficient (Wildman–Crippen LogP) is 3.70. The fourth-order valence-corrected chi connectivity index (χ4v) is 2.39. The average Bonchev–Trinajstić information content (AvgIpc) is 2.45. The summed E-state index contributed by atoms with van der Waals surface area (Å²) in [5.41, 5.74) is -3.45. The molecule has 2 aromatic carbocycles. The van der Waals surface area contributed by atoms with Gasteiger partial charge < -0.3 is 4.18 Å². The topological polar surface area (TPSA) is 60.4 Å². The lowest BCUT2D eigenvalue weighted by molar-refractivity contribution is -0.0500. The van der Waals surface area contributed by atoms with Crippen molar-refractivity contribution in [3.63, 3.8) is 0 Å². The molecule has 8 heteroatoms. The van der Waals surface area contributed by atoms with Gasteiger partial charge in [-0.25, -0.2) is 0 Å². The van der Waals surface area contributed by atoms with Crippen molar-refractivity contribution in [2.75, 3.05) is 0 Å². The van der Waals surface area contributed by atoms with Crippen LogP contribution in [0.2, 0.25) is 0 Å². The molecule has 0 fully saturated rings. The summed E-state index contributed by atoms with van der Waals surface area (Å²) >= 11 is 0. The molecule has 2 aromatic rings. The summed E-state index contributed by atoms with van der Waals surface area (Å²) in [6, 6.07) is 10.5. The molecule has 0 unspecified atom stereocenters. The highest BCUT2D eigenvalue weighted by Gasteiger charge is 2.48. The van der Waals surface area contributed by atoms with Gasteiger partial charge in [-0.1, -0.05) is 29.8 Å². The molecular formula is C15H11F3O4S. The van der Waals surface area contributed by atoms with Gasteiger partial charge in [0, 0.05) is 5.56 Å². The molecule has 0 aliphatic heterocycles. The lowest BCUT2D eigenvalue weighted by Crippen LogP contribution is -2.28. The molecule has 4 nitrogen and oxygen atoms in total. The quantitative estimate of drug-likeness (QED) is 0.482. The summed E-state index contributed by atoms with van der Waals surface area (Å²) in [6.07, 6.45) is 0.421. The van der Waals surface area contributed by atoms with E-state index in [-0.39, 0.29) is 5.56 Å². The third kappa shape index (κ3) is 3.70. The number of alkyl halides is 3. The Hall–Kier alpha value is -2.35. The van der Waals surface area contributed by atoms with Crippen molar-refractivity contribution in [2.24, 2.45) is 0 Å². The molecule has 2 rings (SSSR count). The third-order valence-corrected chi connectivity index (χ3v) is 3.95. The smallest absolute Gasteiger partial charge is 0.376 e. The van der Waals surface area contributed by atoms with Crippen molar-refractivity contribution < 1.29 is 30.6 Å². The first-order chi connectivity index (χ1) is 10.6. The van der Waals surface area contributed by atoms with Crippen LogP contribution in [0.5, 0.6) is 5.75 Å². The van der Waals surface area contributed by atoms with E-state index >= 15 is 0 Å². The van der Waals surface area contributed by atoms with Crippen LogP contribution in [-0.2, 0) is 10.1 Å². The highest BCUT2D eigenvalue weighted by Crippen LogP contribution is 2.30. The second kappa shape index (κ2) is 6.04. The Labute approximate surface area is 130 Å². The summed E-state index contributed by atoms with van der Waals surface area (Å²) < 4.78 is 62.9. The van der Waals surface area contributed by atoms with Crippen LogP contribution in [0, 0.1) is 6.92 Å². The predicted molar refractivity (Wildman–Crippen MR) is 77.6 cm³/mol. The minimum absolute atomic E-state index is 0.0190. The van der Waals surface area contributed by atoms with Gasteiger partial charge in [-0.05, 0) is 36.2 Å². The monoisotopic (exact) mass is 344 g/mol. The van der Waals surface area contributed by atoms with E-state index in [9.17, 15) is 26.4 Å². The number of halogens is 3. The van der Waals surface area contributed by atoms with Crippen LogP contribution in [0.1, 0.15) is 15.9 Å². The fourth-order valence-electron chi connectivity index (χ4n) is 1.94. The van der Waals surface area contributed by atoms with Gasteiger partial charge in [-0.3, -0.25) is 4.79 Å². The maximum absolute atomic E-state index is 12.3. The van der Waals surface area contributed by atoms with Crippen LogP contribution < -0.4 is 4.18 Å². The van der Waals surface area contributed by atoms with E-state index in [2.05, 4.69) is 4.18 Å². The molecule has 0 spiro atoms. The Kier molecular flexibility index (Phi) is 4.46. The second-order valence-corrected chi connectivity index (χ2v) is 6.26. The first-order valence-electron chi connectivity index (χ1n) is 6.31. The molecule has 0 N–H and O–H groups in total. The van der Waals surface area contributed by atoms with Gasteiger partial charge in [0.1, 0.15) is 5.75 Å². The zero-order valence-corrected chi connectivity index (χ0v) is 12.6. The van der Waals surface area contributed by atoms with Crippen molar-refractivity contribution in [2.45, 2.75) is 12.4 Å². The van der Waals surface area contributed by atoms with Gasteiger partial charge in [-0.2, -0.15) is 21.6 Å². The molecule has 0 saturated heterocycles. The van der Waals surface area contributed by atoms with Gasteiger partial charge in [0.05, 0.1) is 0 Å². The maximum atomic E-state index is 12.3. The van der Waals surface area contributed by atoms with E-state index < -0.39 is 21.4 Å². The molecule has 0 aliphatic carbocycles. The molecular weight excluding hydrogens is 333 g/mol. The van der Waals surface area contributed by atoms with Crippen LogP contribution in [-0.4, -0.2) is 20.2 Å². The van der Waals surface area contributed by atoms with E-state index in [1.807, 2.05) is 13.0 Å². The summed E-state index contributed by atoms with van der Waals surface area (Å²) in [5, 5.41) is 0. The average molecular weight is 344 g/mol. The molecule has 0 atom stereocenters. The van der Waals surface area contributed by atoms with Gasteiger partial charge >= 0.3 is 15.6 Å². The number of benzene rings is 2. The number of aldehydes is 1. The van der Waals surface area contributed by atoms with E-state index in [0.29, 0.717) is 17.4 Å². The zero-order valence-electron chi connectivity index (χ0n) is 11.8. The molecule has 0 radical (unpaired) electrons. The number of carbonyl (C=O) groups excluding carboxylic acids is 1. The molecule has 0 heterocycles. The van der Waals surface area contributed by atoms with Crippen molar-refractivity contribution in [1.29, 1.82) is 0 Å². The van der Waals surface area contributed by atoms with Gasteiger partial charge in [0.2, 0.25) is 0 Å². The number of hydrogen-bond donors (Lipinski definition) is 0. The van der Waals surface area contributed by atoms with E-state index in [1.165, 1.54) is 6.07 Å². The first kappa shape index (κ1) is 17.0. The highest BCUT2D eigenvalue weighted by atomic mass is 32.2. The Morgan fingerprint density at radius 1 is 1.09 bits per heavy atom. The summed E-state index contributed by atoms with van der Waals surface area (Å²) in [6.45, 7) is 1.84.